The van der Waals surface area contributed by atoms with E-state index in [1.165, 1.54) is 30.0 Å². The molecule has 3 aliphatic rings. The molecule has 0 N–H and O–H groups in total. The van der Waals surface area contributed by atoms with Gasteiger partial charge >= 0.3 is 6.18 Å². The molecule has 0 radical (unpaired) electrons. The van der Waals surface area contributed by atoms with E-state index < -0.39 is 40.4 Å². The van der Waals surface area contributed by atoms with Crippen LogP contribution in [0.25, 0.3) is 0 Å². The molecule has 1 aromatic carbocycles. The van der Waals surface area contributed by atoms with Gasteiger partial charge in [-0.25, -0.2) is 9.37 Å². The highest BCUT2D eigenvalue weighted by molar-refractivity contribution is 7.81. The molecule has 2 amide bonds. The highest BCUT2D eigenvalue weighted by atomic mass is 32.1. The first kappa shape index (κ1) is 28.7. The van der Waals surface area contributed by atoms with E-state index in [1.807, 2.05) is 0 Å². The zero-order chi connectivity index (χ0) is 29.5. The number of rotatable bonds is 6. The number of ether oxygens (including phenoxy) is 1. The molecule has 9 nitrogen and oxygen atoms in total. The molecule has 2 saturated heterocycles. The molecule has 2 aromatic rings. The Hall–Kier alpha value is -3.83. The molecule has 2 aliphatic heterocycles. The predicted octanol–water partition coefficient (Wildman–Crippen LogP) is 3.71. The lowest BCUT2D eigenvalue weighted by molar-refractivity contribution is -0.137. The molecule has 0 unspecified atom stereocenters. The van der Waals surface area contributed by atoms with Crippen molar-refractivity contribution in [3.05, 3.63) is 47.5 Å². The van der Waals surface area contributed by atoms with Crippen molar-refractivity contribution in [1.82, 2.24) is 14.8 Å². The van der Waals surface area contributed by atoms with Crippen LogP contribution in [-0.2, 0) is 15.8 Å². The first-order chi connectivity index (χ1) is 19.5. The Bertz CT molecular complexity index is 1430. The molecule has 1 saturated carbocycles. The van der Waals surface area contributed by atoms with E-state index in [4.69, 9.17) is 17.0 Å². The number of anilines is 2. The summed E-state index contributed by atoms with van der Waals surface area (Å²) in [6, 6.07) is 6.52. The van der Waals surface area contributed by atoms with E-state index in [-0.39, 0.29) is 29.1 Å². The van der Waals surface area contributed by atoms with Crippen LogP contribution < -0.4 is 14.5 Å². The number of nitrogens with zero attached hydrogens (tertiary/aromatic N) is 6. The maximum absolute atomic E-state index is 15.2. The molecule has 5 rings (SSSR count). The Kier molecular flexibility index (Phi) is 7.60. The van der Waals surface area contributed by atoms with E-state index in [1.54, 1.807) is 4.90 Å². The van der Waals surface area contributed by atoms with Crippen LogP contribution in [0.1, 0.15) is 37.4 Å². The number of hydrogen-bond acceptors (Lipinski definition) is 7. The van der Waals surface area contributed by atoms with Gasteiger partial charge in [0.05, 0.1) is 5.69 Å². The largest absolute Gasteiger partial charge is 0.489 e. The highest BCUT2D eigenvalue weighted by Crippen LogP contribution is 2.50. The van der Waals surface area contributed by atoms with Crippen molar-refractivity contribution in [2.24, 2.45) is 0 Å². The third kappa shape index (κ3) is 5.08. The molecule has 0 atom stereocenters. The van der Waals surface area contributed by atoms with Crippen LogP contribution in [0, 0.1) is 17.1 Å². The number of aromatic nitrogens is 1. The van der Waals surface area contributed by atoms with E-state index in [0.717, 1.165) is 23.2 Å². The van der Waals surface area contributed by atoms with Crippen molar-refractivity contribution in [3.8, 4) is 11.8 Å². The summed E-state index contributed by atoms with van der Waals surface area (Å²) in [6.07, 6.45) is -2.69. The minimum Gasteiger partial charge on any atom is -0.489 e. The van der Waals surface area contributed by atoms with Crippen molar-refractivity contribution >= 4 is 40.5 Å². The summed E-state index contributed by atoms with van der Waals surface area (Å²) in [5.41, 5.74) is -3.87. The van der Waals surface area contributed by atoms with Gasteiger partial charge in [0, 0.05) is 57.6 Å². The summed E-state index contributed by atoms with van der Waals surface area (Å²) < 4.78 is 62.9. The zero-order valence-electron chi connectivity index (χ0n) is 22.1. The lowest BCUT2D eigenvalue weighted by Gasteiger charge is -2.43. The number of benzene rings is 1. The summed E-state index contributed by atoms with van der Waals surface area (Å²) in [4.78, 5) is 34.7. The summed E-state index contributed by atoms with van der Waals surface area (Å²) >= 11 is 5.53. The third-order valence-corrected chi connectivity index (χ3v) is 8.17. The number of nitriles is 1. The number of carbonyl (C=O) groups is 2. The lowest BCUT2D eigenvalue weighted by Crippen LogP contribution is -2.55. The van der Waals surface area contributed by atoms with Crippen molar-refractivity contribution in [3.63, 3.8) is 0 Å². The average Bonchev–Trinajstić information content (AvgIpc) is 3.15. The van der Waals surface area contributed by atoms with Gasteiger partial charge < -0.3 is 14.5 Å². The van der Waals surface area contributed by atoms with Gasteiger partial charge in [0.25, 0.3) is 5.91 Å². The zero-order valence-corrected chi connectivity index (χ0v) is 22.9. The summed E-state index contributed by atoms with van der Waals surface area (Å²) in [5, 5.41) is 9.02. The van der Waals surface area contributed by atoms with Crippen LogP contribution in [0.3, 0.4) is 0 Å². The first-order valence-corrected chi connectivity index (χ1v) is 13.4. The van der Waals surface area contributed by atoms with Crippen molar-refractivity contribution in [2.45, 2.75) is 37.9 Å². The molecule has 1 aromatic heterocycles. The van der Waals surface area contributed by atoms with Gasteiger partial charge in [0.2, 0.25) is 5.91 Å². The number of halogens is 4. The van der Waals surface area contributed by atoms with Crippen molar-refractivity contribution in [1.29, 1.82) is 5.26 Å². The fourth-order valence-electron chi connectivity index (χ4n) is 5.51. The number of thiocarbonyl (C=S) groups is 1. The Morgan fingerprint density at radius 3 is 2.46 bits per heavy atom. The maximum Gasteiger partial charge on any atom is 0.421 e. The van der Waals surface area contributed by atoms with Crippen molar-refractivity contribution < 1.29 is 31.9 Å². The standard InChI is InChI=1S/C27H26F4N6O3S/c1-17(38)35-11-9-34(10-12-35)13-14-40-22-4-3-18(15-19(22)28)37-25(41)36(24(39)26(37)6-2-7-26)21-5-8-33-20(16-32)23(21)27(29,30)31/h3-5,8,15H,2,6-7,9-14H2,1H3. The van der Waals surface area contributed by atoms with Gasteiger partial charge in [0.15, 0.2) is 22.4 Å². The average molecular weight is 591 g/mol. The Morgan fingerprint density at radius 1 is 1.20 bits per heavy atom. The van der Waals surface area contributed by atoms with Gasteiger partial charge in [-0.05, 0) is 49.7 Å². The SMILES string of the molecule is CC(=O)N1CCN(CCOc2ccc(N3C(=S)N(c4ccnc(C#N)c4C(F)(F)F)C(=O)C34CCC4)cc2F)CC1. The van der Waals surface area contributed by atoms with Gasteiger partial charge in [-0.15, -0.1) is 0 Å². The minimum absolute atomic E-state index is 0.0146. The smallest absolute Gasteiger partial charge is 0.421 e. The number of alkyl halides is 3. The molecule has 1 aliphatic carbocycles. The van der Waals surface area contributed by atoms with E-state index in [2.05, 4.69) is 9.88 Å². The molecule has 3 fully saturated rings. The maximum atomic E-state index is 15.2. The second-order valence-electron chi connectivity index (χ2n) is 10.1. The van der Waals surface area contributed by atoms with Crippen LogP contribution in [-0.4, -0.2) is 76.6 Å². The molecule has 0 bridgehead atoms. The van der Waals surface area contributed by atoms with Crippen LogP contribution in [0.2, 0.25) is 0 Å². The quantitative estimate of drug-likeness (QED) is 0.372. The second-order valence-corrected chi connectivity index (χ2v) is 10.5. The Morgan fingerprint density at radius 2 is 1.90 bits per heavy atom. The van der Waals surface area contributed by atoms with E-state index >= 15 is 4.39 Å². The topological polar surface area (TPSA) is 93.0 Å². The van der Waals surface area contributed by atoms with Crippen LogP contribution in [0.5, 0.6) is 5.75 Å². The molecular weight excluding hydrogens is 564 g/mol. The molecule has 216 valence electrons. The lowest BCUT2D eigenvalue weighted by atomic mass is 9.75. The molecule has 41 heavy (non-hydrogen) atoms. The molecular formula is C27H26F4N6O3S. The number of pyridine rings is 1. The predicted molar refractivity (Wildman–Crippen MR) is 144 cm³/mol. The highest BCUT2D eigenvalue weighted by Gasteiger charge is 2.60. The fourth-order valence-corrected chi connectivity index (χ4v) is 5.97. The van der Waals surface area contributed by atoms with E-state index in [0.29, 0.717) is 52.0 Å². The molecule has 14 heteroatoms. The monoisotopic (exact) mass is 590 g/mol. The fraction of sp³-hybridized carbons (Fsp3) is 0.444. The number of hydrogen-bond donors (Lipinski definition) is 0. The van der Waals surface area contributed by atoms with Crippen LogP contribution in [0.4, 0.5) is 28.9 Å². The molecule has 3 heterocycles. The van der Waals surface area contributed by atoms with Crippen LogP contribution >= 0.6 is 12.2 Å². The van der Waals surface area contributed by atoms with Gasteiger partial charge in [-0.3, -0.25) is 19.4 Å². The van der Waals surface area contributed by atoms with Gasteiger partial charge in [-0.2, -0.15) is 18.4 Å². The minimum atomic E-state index is -4.98. The summed E-state index contributed by atoms with van der Waals surface area (Å²) in [5.74, 6) is -1.36. The normalized spacial score (nSPS) is 19.0. The van der Waals surface area contributed by atoms with Crippen LogP contribution in [0.15, 0.2) is 30.5 Å². The number of amides is 2. The van der Waals surface area contributed by atoms with Crippen molar-refractivity contribution in [2.75, 3.05) is 49.1 Å². The number of carbonyl (C=O) groups excluding carboxylic acids is 2. The third-order valence-electron chi connectivity index (χ3n) is 7.81. The molecule has 1 spiro atoms. The van der Waals surface area contributed by atoms with Gasteiger partial charge in [-0.1, -0.05) is 0 Å². The second kappa shape index (κ2) is 10.9. The summed E-state index contributed by atoms with van der Waals surface area (Å²) in [6.45, 7) is 4.89. The van der Waals surface area contributed by atoms with E-state index in [9.17, 15) is 28.0 Å². The Labute approximate surface area is 238 Å². The Balaban J connectivity index is 1.36. The summed E-state index contributed by atoms with van der Waals surface area (Å²) in [7, 11) is 0. The van der Waals surface area contributed by atoms with Gasteiger partial charge in [0.1, 0.15) is 23.8 Å². The first-order valence-electron chi connectivity index (χ1n) is 13.0. The number of piperazine rings is 1.